The summed E-state index contributed by atoms with van der Waals surface area (Å²) in [5.41, 5.74) is 3.19. The fourth-order valence-corrected chi connectivity index (χ4v) is 4.76. The second-order valence-corrected chi connectivity index (χ2v) is 8.27. The first-order valence-corrected chi connectivity index (χ1v) is 9.55. The van der Waals surface area contributed by atoms with Crippen LogP contribution in [0, 0.1) is 6.92 Å². The minimum atomic E-state index is -3.57. The number of pyridine rings is 1. The molecule has 0 radical (unpaired) electrons. The zero-order chi connectivity index (χ0) is 17.6. The molecule has 0 saturated carbocycles. The highest BCUT2D eigenvalue weighted by Crippen LogP contribution is 2.32. The molecule has 3 aromatic heterocycles. The summed E-state index contributed by atoms with van der Waals surface area (Å²) in [6.45, 7) is 3.00. The summed E-state index contributed by atoms with van der Waals surface area (Å²) < 4.78 is 29.9. The molecule has 1 aliphatic rings. The fourth-order valence-electron chi connectivity index (χ4n) is 3.38. The number of nitrogens with zero attached hydrogens (tertiary/aromatic N) is 7. The molecule has 25 heavy (non-hydrogen) atoms. The smallest absolute Gasteiger partial charge is 0.254 e. The Bertz CT molecular complexity index is 1020. The van der Waals surface area contributed by atoms with E-state index < -0.39 is 10.0 Å². The Balaban J connectivity index is 1.53. The first-order chi connectivity index (χ1) is 11.9. The molecule has 0 unspecified atom stereocenters. The van der Waals surface area contributed by atoms with Crippen molar-refractivity contribution in [3.05, 3.63) is 35.9 Å². The number of fused-ring (bicyclic) bond motifs is 1. The van der Waals surface area contributed by atoms with Crippen LogP contribution < -0.4 is 0 Å². The van der Waals surface area contributed by atoms with Gasteiger partial charge in [-0.15, -0.1) is 5.10 Å². The van der Waals surface area contributed by atoms with Gasteiger partial charge in [-0.2, -0.15) is 9.40 Å². The molecule has 0 aromatic carbocycles. The van der Waals surface area contributed by atoms with Crippen molar-refractivity contribution in [3.63, 3.8) is 0 Å². The Morgan fingerprint density at radius 3 is 2.64 bits per heavy atom. The normalized spacial score (nSPS) is 17.4. The molecule has 0 atom stereocenters. The second kappa shape index (κ2) is 5.88. The molecule has 1 saturated heterocycles. The van der Waals surface area contributed by atoms with Gasteiger partial charge in [0.1, 0.15) is 6.33 Å². The van der Waals surface area contributed by atoms with Gasteiger partial charge in [-0.3, -0.25) is 4.68 Å². The van der Waals surface area contributed by atoms with E-state index in [1.165, 1.54) is 27.1 Å². The van der Waals surface area contributed by atoms with Crippen molar-refractivity contribution < 1.29 is 8.42 Å². The van der Waals surface area contributed by atoms with Crippen LogP contribution in [-0.4, -0.2) is 55.4 Å². The highest BCUT2D eigenvalue weighted by Gasteiger charge is 2.32. The largest absolute Gasteiger partial charge is 0.264 e. The van der Waals surface area contributed by atoms with Gasteiger partial charge in [-0.25, -0.2) is 17.9 Å². The van der Waals surface area contributed by atoms with Crippen molar-refractivity contribution in [3.8, 4) is 0 Å². The molecule has 4 heterocycles. The number of hydrogen-bond acceptors (Lipinski definition) is 6. The van der Waals surface area contributed by atoms with Crippen LogP contribution in [0.25, 0.3) is 5.65 Å². The zero-order valence-electron chi connectivity index (χ0n) is 14.1. The first kappa shape index (κ1) is 16.2. The quantitative estimate of drug-likeness (QED) is 0.682. The van der Waals surface area contributed by atoms with Crippen LogP contribution in [0.4, 0.5) is 0 Å². The summed E-state index contributed by atoms with van der Waals surface area (Å²) in [6, 6.07) is 2.02. The topological polar surface area (TPSA) is 98.3 Å². The van der Waals surface area contributed by atoms with Crippen LogP contribution >= 0.6 is 0 Å². The SMILES string of the molecule is Cc1cc2ncnn2cc1C1CCN(S(=O)(=O)c2cn(C)nn2)CC1. The minimum absolute atomic E-state index is 0.00802. The Morgan fingerprint density at radius 2 is 1.96 bits per heavy atom. The summed E-state index contributed by atoms with van der Waals surface area (Å²) in [5.74, 6) is 0.307. The summed E-state index contributed by atoms with van der Waals surface area (Å²) in [4.78, 5) is 4.20. The summed E-state index contributed by atoms with van der Waals surface area (Å²) >= 11 is 0. The van der Waals surface area contributed by atoms with E-state index in [9.17, 15) is 8.42 Å². The molecule has 10 heteroatoms. The average Bonchev–Trinajstić information content (AvgIpc) is 3.23. The summed E-state index contributed by atoms with van der Waals surface area (Å²) in [7, 11) is -1.92. The molecular formula is C15H19N7O2S. The number of aryl methyl sites for hydroxylation is 2. The third-order valence-electron chi connectivity index (χ3n) is 4.74. The third-order valence-corrected chi connectivity index (χ3v) is 6.50. The maximum atomic E-state index is 12.6. The van der Waals surface area contributed by atoms with Crippen molar-refractivity contribution in [2.45, 2.75) is 30.7 Å². The molecule has 0 bridgehead atoms. The van der Waals surface area contributed by atoms with E-state index in [1.54, 1.807) is 11.6 Å². The van der Waals surface area contributed by atoms with Gasteiger partial charge in [0.15, 0.2) is 5.65 Å². The van der Waals surface area contributed by atoms with Gasteiger partial charge in [0, 0.05) is 26.3 Å². The minimum Gasteiger partial charge on any atom is -0.254 e. The van der Waals surface area contributed by atoms with E-state index >= 15 is 0 Å². The highest BCUT2D eigenvalue weighted by atomic mass is 32.2. The van der Waals surface area contributed by atoms with Crippen molar-refractivity contribution in [2.75, 3.05) is 13.1 Å². The van der Waals surface area contributed by atoms with Crippen molar-refractivity contribution in [1.29, 1.82) is 0 Å². The van der Waals surface area contributed by atoms with E-state index in [2.05, 4.69) is 27.3 Å². The van der Waals surface area contributed by atoms with Crippen molar-refractivity contribution >= 4 is 15.7 Å². The lowest BCUT2D eigenvalue weighted by atomic mass is 9.89. The van der Waals surface area contributed by atoms with E-state index in [1.807, 2.05) is 12.3 Å². The monoisotopic (exact) mass is 361 g/mol. The first-order valence-electron chi connectivity index (χ1n) is 8.11. The summed E-state index contributed by atoms with van der Waals surface area (Å²) in [5, 5.41) is 11.7. The fraction of sp³-hybridized carbons (Fsp3) is 0.467. The highest BCUT2D eigenvalue weighted by molar-refractivity contribution is 7.89. The van der Waals surface area contributed by atoms with Crippen molar-refractivity contribution in [2.24, 2.45) is 7.05 Å². The third kappa shape index (κ3) is 2.81. The Hall–Kier alpha value is -2.33. The van der Waals surface area contributed by atoms with Gasteiger partial charge in [-0.1, -0.05) is 5.21 Å². The van der Waals surface area contributed by atoms with Crippen LogP contribution in [0.2, 0.25) is 0 Å². The number of aromatic nitrogens is 6. The molecule has 0 N–H and O–H groups in total. The maximum absolute atomic E-state index is 12.6. The lowest BCUT2D eigenvalue weighted by molar-refractivity contribution is 0.317. The molecule has 0 spiro atoms. The molecule has 4 rings (SSSR count). The Labute approximate surface area is 145 Å². The maximum Gasteiger partial charge on any atom is 0.264 e. The van der Waals surface area contributed by atoms with Gasteiger partial charge in [0.25, 0.3) is 10.0 Å². The number of piperidine rings is 1. The van der Waals surface area contributed by atoms with E-state index in [-0.39, 0.29) is 5.03 Å². The lowest BCUT2D eigenvalue weighted by Gasteiger charge is -2.31. The summed E-state index contributed by atoms with van der Waals surface area (Å²) in [6.07, 6.45) is 6.51. The predicted molar refractivity (Wildman–Crippen MR) is 89.5 cm³/mol. The molecule has 9 nitrogen and oxygen atoms in total. The van der Waals surface area contributed by atoms with Gasteiger partial charge >= 0.3 is 0 Å². The van der Waals surface area contributed by atoms with E-state index in [0.717, 1.165) is 24.1 Å². The number of rotatable bonds is 3. The molecule has 0 amide bonds. The van der Waals surface area contributed by atoms with Gasteiger partial charge in [-0.05, 0) is 42.9 Å². The molecular weight excluding hydrogens is 342 g/mol. The molecule has 0 aliphatic carbocycles. The van der Waals surface area contributed by atoms with Crippen LogP contribution in [0.3, 0.4) is 0 Å². The Morgan fingerprint density at radius 1 is 1.20 bits per heavy atom. The average molecular weight is 361 g/mol. The molecule has 1 aliphatic heterocycles. The molecule has 1 fully saturated rings. The van der Waals surface area contributed by atoms with Crippen LogP contribution in [0.15, 0.2) is 29.8 Å². The molecule has 132 valence electrons. The number of hydrogen-bond donors (Lipinski definition) is 0. The lowest BCUT2D eigenvalue weighted by Crippen LogP contribution is -2.38. The van der Waals surface area contributed by atoms with Crippen LogP contribution in [0.5, 0.6) is 0 Å². The van der Waals surface area contributed by atoms with Crippen molar-refractivity contribution in [1.82, 2.24) is 33.9 Å². The predicted octanol–water partition coefficient (Wildman–Crippen LogP) is 0.735. The van der Waals surface area contributed by atoms with Crippen LogP contribution in [-0.2, 0) is 17.1 Å². The second-order valence-electron chi connectivity index (χ2n) is 6.38. The number of sulfonamides is 1. The zero-order valence-corrected chi connectivity index (χ0v) is 14.9. The van der Waals surface area contributed by atoms with E-state index in [4.69, 9.17) is 0 Å². The standard InChI is InChI=1S/C15H19N7O2S/c1-11-7-14-16-10-17-22(14)8-13(11)12-3-5-21(6-4-12)25(23,24)15-9-20(2)19-18-15/h7-10,12H,3-6H2,1-2H3. The van der Waals surface area contributed by atoms with Gasteiger partial charge in [0.2, 0.25) is 5.03 Å². The van der Waals surface area contributed by atoms with Gasteiger partial charge in [0.05, 0.1) is 6.20 Å². The van der Waals surface area contributed by atoms with Gasteiger partial charge < -0.3 is 0 Å². The molecule has 3 aromatic rings. The Kier molecular flexibility index (Phi) is 3.80. The van der Waals surface area contributed by atoms with Crippen LogP contribution in [0.1, 0.15) is 29.9 Å². The van der Waals surface area contributed by atoms with E-state index in [0.29, 0.717) is 19.0 Å².